The number of aromatic carboxylic acids is 1. The van der Waals surface area contributed by atoms with Gasteiger partial charge in [0.05, 0.1) is 0 Å². The monoisotopic (exact) mass is 274 g/mol. The minimum absolute atomic E-state index is 0.131. The fraction of sp³-hybridized carbons (Fsp3) is 0.188. The van der Waals surface area contributed by atoms with Crippen LogP contribution in [0.25, 0.3) is 0 Å². The van der Waals surface area contributed by atoms with Gasteiger partial charge in [0.1, 0.15) is 22.9 Å². The topological polar surface area (TPSA) is 46.5 Å². The molecule has 0 radical (unpaired) electrons. The van der Waals surface area contributed by atoms with Crippen molar-refractivity contribution >= 4 is 5.97 Å². The number of carboxylic acid groups (broad SMARTS) is 1. The van der Waals surface area contributed by atoms with Crippen LogP contribution >= 0.6 is 0 Å². The third kappa shape index (κ3) is 2.96. The maximum absolute atomic E-state index is 13.1. The fourth-order valence-electron chi connectivity index (χ4n) is 1.93. The van der Waals surface area contributed by atoms with Crippen molar-refractivity contribution in [2.24, 2.45) is 0 Å². The zero-order valence-corrected chi connectivity index (χ0v) is 11.3. The second kappa shape index (κ2) is 5.74. The van der Waals surface area contributed by atoms with Gasteiger partial charge in [-0.05, 0) is 35.7 Å². The Kier molecular flexibility index (Phi) is 4.03. The van der Waals surface area contributed by atoms with Crippen molar-refractivity contribution in [1.82, 2.24) is 0 Å². The fourth-order valence-corrected chi connectivity index (χ4v) is 1.93. The van der Waals surface area contributed by atoms with Gasteiger partial charge in [-0.1, -0.05) is 32.0 Å². The van der Waals surface area contributed by atoms with Crippen LogP contribution in [0.1, 0.15) is 35.7 Å². The lowest BCUT2D eigenvalue weighted by Crippen LogP contribution is -2.02. The van der Waals surface area contributed by atoms with E-state index < -0.39 is 11.8 Å². The largest absolute Gasteiger partial charge is 0.478 e. The van der Waals surface area contributed by atoms with Gasteiger partial charge in [-0.3, -0.25) is 0 Å². The summed E-state index contributed by atoms with van der Waals surface area (Å²) in [4.78, 5) is 11.1. The highest BCUT2D eigenvalue weighted by atomic mass is 19.1. The Morgan fingerprint density at radius 1 is 1.15 bits per heavy atom. The van der Waals surface area contributed by atoms with Crippen molar-refractivity contribution in [2.75, 3.05) is 0 Å². The Bertz CT molecular complexity index is 635. The molecular weight excluding hydrogens is 259 g/mol. The number of benzene rings is 2. The summed E-state index contributed by atoms with van der Waals surface area (Å²) < 4.78 is 18.8. The normalized spacial score (nSPS) is 10.6. The minimum atomic E-state index is -1.22. The van der Waals surface area contributed by atoms with Crippen LogP contribution in [0, 0.1) is 5.82 Å². The summed E-state index contributed by atoms with van der Waals surface area (Å²) in [5.41, 5.74) is 0.775. The van der Waals surface area contributed by atoms with E-state index in [2.05, 4.69) is 0 Å². The Morgan fingerprint density at radius 2 is 1.85 bits per heavy atom. The molecule has 0 spiro atoms. The lowest BCUT2D eigenvalue weighted by molar-refractivity contribution is 0.0693. The van der Waals surface area contributed by atoms with E-state index >= 15 is 0 Å². The molecule has 0 heterocycles. The quantitative estimate of drug-likeness (QED) is 0.896. The average Bonchev–Trinajstić information content (AvgIpc) is 2.41. The molecule has 0 unspecified atom stereocenters. The van der Waals surface area contributed by atoms with Gasteiger partial charge in [0.15, 0.2) is 0 Å². The molecule has 104 valence electrons. The molecule has 2 rings (SSSR count). The van der Waals surface area contributed by atoms with Crippen molar-refractivity contribution in [1.29, 1.82) is 0 Å². The summed E-state index contributed by atoms with van der Waals surface area (Å²) in [5, 5.41) is 9.10. The number of ether oxygens (including phenoxy) is 1. The molecule has 0 aliphatic carbocycles. The Morgan fingerprint density at radius 3 is 2.50 bits per heavy atom. The van der Waals surface area contributed by atoms with Gasteiger partial charge in [0.25, 0.3) is 0 Å². The molecule has 0 aromatic heterocycles. The van der Waals surface area contributed by atoms with Crippen LogP contribution in [0.5, 0.6) is 11.5 Å². The van der Waals surface area contributed by atoms with E-state index in [4.69, 9.17) is 9.84 Å². The molecule has 2 aromatic carbocycles. The number of carbonyl (C=O) groups is 1. The summed E-state index contributed by atoms with van der Waals surface area (Å²) >= 11 is 0. The summed E-state index contributed by atoms with van der Waals surface area (Å²) in [6, 6.07) is 10.9. The zero-order chi connectivity index (χ0) is 14.7. The average molecular weight is 274 g/mol. The van der Waals surface area contributed by atoms with E-state index in [0.29, 0.717) is 5.75 Å². The molecule has 2 aromatic rings. The van der Waals surface area contributed by atoms with E-state index in [9.17, 15) is 9.18 Å². The van der Waals surface area contributed by atoms with Crippen molar-refractivity contribution in [3.05, 3.63) is 59.4 Å². The number of para-hydroxylation sites is 1. The summed E-state index contributed by atoms with van der Waals surface area (Å²) in [6.45, 7) is 4.04. The highest BCUT2D eigenvalue weighted by Crippen LogP contribution is 2.32. The molecule has 0 atom stereocenters. The first-order valence-corrected chi connectivity index (χ1v) is 6.28. The molecule has 0 fully saturated rings. The molecule has 0 aliphatic rings. The number of carboxylic acids is 1. The van der Waals surface area contributed by atoms with E-state index in [-0.39, 0.29) is 17.2 Å². The van der Waals surface area contributed by atoms with Crippen molar-refractivity contribution < 1.29 is 19.0 Å². The Hall–Kier alpha value is -2.36. The van der Waals surface area contributed by atoms with Crippen LogP contribution in [0.3, 0.4) is 0 Å². The predicted octanol–water partition coefficient (Wildman–Crippen LogP) is 4.44. The number of rotatable bonds is 4. The van der Waals surface area contributed by atoms with E-state index in [1.165, 1.54) is 12.1 Å². The van der Waals surface area contributed by atoms with Crippen LogP contribution in [0.15, 0.2) is 42.5 Å². The second-order valence-electron chi connectivity index (χ2n) is 4.74. The van der Waals surface area contributed by atoms with Crippen molar-refractivity contribution in [3.63, 3.8) is 0 Å². The summed E-state index contributed by atoms with van der Waals surface area (Å²) in [5.74, 6) is -0.878. The number of hydrogen-bond donors (Lipinski definition) is 1. The first-order chi connectivity index (χ1) is 9.49. The summed E-state index contributed by atoms with van der Waals surface area (Å²) in [7, 11) is 0. The number of halogens is 1. The van der Waals surface area contributed by atoms with E-state index in [1.807, 2.05) is 32.0 Å². The van der Waals surface area contributed by atoms with Gasteiger partial charge >= 0.3 is 5.97 Å². The molecular formula is C16H15FO3. The first-order valence-electron chi connectivity index (χ1n) is 6.28. The molecule has 0 amide bonds. The molecule has 1 N–H and O–H groups in total. The van der Waals surface area contributed by atoms with Crippen LogP contribution in [0.2, 0.25) is 0 Å². The third-order valence-electron chi connectivity index (χ3n) is 2.93. The second-order valence-corrected chi connectivity index (χ2v) is 4.74. The van der Waals surface area contributed by atoms with E-state index in [0.717, 1.165) is 11.6 Å². The van der Waals surface area contributed by atoms with Gasteiger partial charge in [0.2, 0.25) is 0 Å². The Labute approximate surface area is 116 Å². The molecule has 0 saturated carbocycles. The molecule has 3 nitrogen and oxygen atoms in total. The summed E-state index contributed by atoms with van der Waals surface area (Å²) in [6.07, 6.45) is 0. The molecule has 0 bridgehead atoms. The van der Waals surface area contributed by atoms with Crippen molar-refractivity contribution in [2.45, 2.75) is 19.8 Å². The zero-order valence-electron chi connectivity index (χ0n) is 11.3. The van der Waals surface area contributed by atoms with Gasteiger partial charge in [-0.25, -0.2) is 9.18 Å². The molecule has 20 heavy (non-hydrogen) atoms. The molecule has 0 aliphatic heterocycles. The third-order valence-corrected chi connectivity index (χ3v) is 2.93. The minimum Gasteiger partial charge on any atom is -0.478 e. The predicted molar refractivity (Wildman–Crippen MR) is 74.0 cm³/mol. The maximum Gasteiger partial charge on any atom is 0.339 e. The van der Waals surface area contributed by atoms with Crippen molar-refractivity contribution in [3.8, 4) is 11.5 Å². The lowest BCUT2D eigenvalue weighted by Gasteiger charge is -2.14. The maximum atomic E-state index is 13.1. The van der Waals surface area contributed by atoms with Crippen LogP contribution in [-0.2, 0) is 0 Å². The SMILES string of the molecule is CC(C)c1ccccc1Oc1ccc(F)cc1C(=O)O. The van der Waals surface area contributed by atoms with Gasteiger partial charge in [-0.15, -0.1) is 0 Å². The van der Waals surface area contributed by atoms with Crippen LogP contribution in [0.4, 0.5) is 4.39 Å². The molecule has 0 saturated heterocycles. The van der Waals surface area contributed by atoms with Crippen LogP contribution < -0.4 is 4.74 Å². The van der Waals surface area contributed by atoms with Crippen LogP contribution in [-0.4, -0.2) is 11.1 Å². The van der Waals surface area contributed by atoms with Gasteiger partial charge < -0.3 is 9.84 Å². The Balaban J connectivity index is 2.43. The number of hydrogen-bond acceptors (Lipinski definition) is 2. The van der Waals surface area contributed by atoms with Gasteiger partial charge in [0, 0.05) is 0 Å². The highest BCUT2D eigenvalue weighted by Gasteiger charge is 2.15. The first kappa shape index (κ1) is 14.1. The van der Waals surface area contributed by atoms with E-state index in [1.54, 1.807) is 6.07 Å². The van der Waals surface area contributed by atoms with Gasteiger partial charge in [-0.2, -0.15) is 0 Å². The standard InChI is InChI=1S/C16H15FO3/c1-10(2)12-5-3-4-6-14(12)20-15-8-7-11(17)9-13(15)16(18)19/h3-10H,1-2H3,(H,18,19). The lowest BCUT2D eigenvalue weighted by atomic mass is 10.0. The highest BCUT2D eigenvalue weighted by molar-refractivity contribution is 5.91. The molecule has 4 heteroatoms. The smallest absolute Gasteiger partial charge is 0.339 e.